The Hall–Kier alpha value is -1.99. The number of nitrogens with zero attached hydrogens (tertiary/aromatic N) is 1. The van der Waals surface area contributed by atoms with Gasteiger partial charge in [0.15, 0.2) is 0 Å². The van der Waals surface area contributed by atoms with E-state index < -0.39 is 16.9 Å². The van der Waals surface area contributed by atoms with Crippen molar-refractivity contribution >= 4 is 11.6 Å². The van der Waals surface area contributed by atoms with Crippen molar-refractivity contribution in [3.05, 3.63) is 39.9 Å². The zero-order chi connectivity index (χ0) is 13.5. The Morgan fingerprint density at radius 2 is 2.00 bits per heavy atom. The van der Waals surface area contributed by atoms with Gasteiger partial charge in [-0.3, -0.25) is 14.9 Å². The largest absolute Gasteiger partial charge is 0.368 e. The minimum Gasteiger partial charge on any atom is -0.368 e. The maximum absolute atomic E-state index is 11.2. The highest BCUT2D eigenvalue weighted by Gasteiger charge is 2.15. The van der Waals surface area contributed by atoms with Gasteiger partial charge >= 0.3 is 0 Å². The maximum Gasteiger partial charge on any atom is 0.269 e. The SMILES string of the molecule is NCCNC(Cc1ccc([N+](=O)[O-])cc1)C(N)=O. The lowest BCUT2D eigenvalue weighted by atomic mass is 10.1. The number of carbonyl (C=O) groups excluding carboxylic acids is 1. The minimum absolute atomic E-state index is 0.0179. The molecule has 0 aliphatic rings. The Labute approximate surface area is 104 Å². The Kier molecular flexibility index (Phi) is 5.22. The van der Waals surface area contributed by atoms with Gasteiger partial charge in [0.1, 0.15) is 0 Å². The first kappa shape index (κ1) is 14.1. The highest BCUT2D eigenvalue weighted by molar-refractivity contribution is 5.80. The summed E-state index contributed by atoms with van der Waals surface area (Å²) in [5, 5.41) is 13.4. The summed E-state index contributed by atoms with van der Waals surface area (Å²) in [7, 11) is 0. The Balaban J connectivity index is 2.68. The van der Waals surface area contributed by atoms with E-state index in [1.54, 1.807) is 12.1 Å². The summed E-state index contributed by atoms with van der Waals surface area (Å²) in [6, 6.07) is 5.50. The fourth-order valence-electron chi connectivity index (χ4n) is 1.52. The summed E-state index contributed by atoms with van der Waals surface area (Å²) in [6.07, 6.45) is 0.382. The molecule has 0 heterocycles. The van der Waals surface area contributed by atoms with Crippen LogP contribution in [0.25, 0.3) is 0 Å². The zero-order valence-corrected chi connectivity index (χ0v) is 9.83. The molecular weight excluding hydrogens is 236 g/mol. The number of benzene rings is 1. The van der Waals surface area contributed by atoms with Crippen molar-refractivity contribution in [1.82, 2.24) is 5.32 Å². The van der Waals surface area contributed by atoms with Crippen molar-refractivity contribution in [2.75, 3.05) is 13.1 Å². The average Bonchev–Trinajstić information content (AvgIpc) is 2.34. The minimum atomic E-state index is -0.519. The number of non-ortho nitro benzene ring substituents is 1. The molecule has 1 atom stereocenters. The van der Waals surface area contributed by atoms with Gasteiger partial charge in [-0.2, -0.15) is 0 Å². The number of nitro groups is 1. The molecule has 1 amide bonds. The van der Waals surface area contributed by atoms with Crippen LogP contribution < -0.4 is 16.8 Å². The summed E-state index contributed by atoms with van der Waals surface area (Å²) < 4.78 is 0. The molecule has 0 fully saturated rings. The molecular formula is C11H16N4O3. The summed E-state index contributed by atoms with van der Waals surface area (Å²) in [6.45, 7) is 0.893. The Morgan fingerprint density at radius 1 is 1.39 bits per heavy atom. The third-order valence-corrected chi connectivity index (χ3v) is 2.47. The van der Waals surface area contributed by atoms with E-state index >= 15 is 0 Å². The quantitative estimate of drug-likeness (QED) is 0.447. The number of hydrogen-bond donors (Lipinski definition) is 3. The van der Waals surface area contributed by atoms with E-state index in [1.165, 1.54) is 12.1 Å². The van der Waals surface area contributed by atoms with E-state index in [0.717, 1.165) is 5.56 Å². The van der Waals surface area contributed by atoms with Crippen molar-refractivity contribution in [3.63, 3.8) is 0 Å². The molecule has 98 valence electrons. The van der Waals surface area contributed by atoms with Crippen LogP contribution in [0.4, 0.5) is 5.69 Å². The average molecular weight is 252 g/mol. The molecule has 0 aliphatic carbocycles. The fraction of sp³-hybridized carbons (Fsp3) is 0.364. The van der Waals surface area contributed by atoms with Gasteiger partial charge in [-0.1, -0.05) is 12.1 Å². The van der Waals surface area contributed by atoms with Gasteiger partial charge < -0.3 is 16.8 Å². The van der Waals surface area contributed by atoms with Crippen LogP contribution >= 0.6 is 0 Å². The van der Waals surface area contributed by atoms with Crippen molar-refractivity contribution in [3.8, 4) is 0 Å². The molecule has 0 saturated heterocycles. The van der Waals surface area contributed by atoms with E-state index in [1.807, 2.05) is 0 Å². The molecule has 5 N–H and O–H groups in total. The van der Waals surface area contributed by atoms with Crippen molar-refractivity contribution in [1.29, 1.82) is 0 Å². The monoisotopic (exact) mass is 252 g/mol. The number of nitro benzene ring substituents is 1. The molecule has 0 radical (unpaired) electrons. The number of nitrogens with two attached hydrogens (primary N) is 2. The van der Waals surface area contributed by atoms with Gasteiger partial charge in [0.25, 0.3) is 5.69 Å². The summed E-state index contributed by atoms with van der Waals surface area (Å²) in [5.74, 6) is -0.471. The first-order chi connectivity index (χ1) is 8.54. The number of nitrogens with one attached hydrogen (secondary N) is 1. The smallest absolute Gasteiger partial charge is 0.269 e. The molecule has 0 spiro atoms. The van der Waals surface area contributed by atoms with Gasteiger partial charge in [-0.15, -0.1) is 0 Å². The van der Waals surface area contributed by atoms with E-state index in [2.05, 4.69) is 5.32 Å². The van der Waals surface area contributed by atoms with E-state index in [4.69, 9.17) is 11.5 Å². The number of hydrogen-bond acceptors (Lipinski definition) is 5. The van der Waals surface area contributed by atoms with Crippen molar-refractivity contribution < 1.29 is 9.72 Å². The van der Waals surface area contributed by atoms with Crippen molar-refractivity contribution in [2.45, 2.75) is 12.5 Å². The number of rotatable bonds is 7. The highest BCUT2D eigenvalue weighted by atomic mass is 16.6. The lowest BCUT2D eigenvalue weighted by molar-refractivity contribution is -0.384. The van der Waals surface area contributed by atoms with Crippen molar-refractivity contribution in [2.24, 2.45) is 11.5 Å². The fourth-order valence-corrected chi connectivity index (χ4v) is 1.52. The topological polar surface area (TPSA) is 124 Å². The third-order valence-electron chi connectivity index (χ3n) is 2.47. The van der Waals surface area contributed by atoms with Crippen LogP contribution in [0.2, 0.25) is 0 Å². The molecule has 7 heteroatoms. The van der Waals surface area contributed by atoms with Crippen LogP contribution in [0.15, 0.2) is 24.3 Å². The molecule has 1 unspecified atom stereocenters. The molecule has 7 nitrogen and oxygen atoms in total. The number of amides is 1. The molecule has 1 rings (SSSR count). The van der Waals surface area contributed by atoms with Crippen LogP contribution in [-0.4, -0.2) is 30.0 Å². The van der Waals surface area contributed by atoms with E-state index in [9.17, 15) is 14.9 Å². The molecule has 0 aromatic heterocycles. The van der Waals surface area contributed by atoms with Crippen LogP contribution in [0.5, 0.6) is 0 Å². The molecule has 0 bridgehead atoms. The Bertz CT molecular complexity index is 419. The zero-order valence-electron chi connectivity index (χ0n) is 9.83. The predicted octanol–water partition coefficient (Wildman–Crippen LogP) is -0.460. The van der Waals surface area contributed by atoms with Crippen LogP contribution in [0.3, 0.4) is 0 Å². The number of primary amides is 1. The second kappa shape index (κ2) is 6.67. The van der Waals surface area contributed by atoms with Gasteiger partial charge in [-0.05, 0) is 12.0 Å². The normalized spacial score (nSPS) is 12.1. The molecule has 1 aromatic rings. The number of carbonyl (C=O) groups is 1. The lowest BCUT2D eigenvalue weighted by Crippen LogP contribution is -2.44. The maximum atomic E-state index is 11.2. The lowest BCUT2D eigenvalue weighted by Gasteiger charge is -2.14. The third kappa shape index (κ3) is 4.11. The van der Waals surface area contributed by atoms with Crippen LogP contribution in [0.1, 0.15) is 5.56 Å². The molecule has 1 aromatic carbocycles. The Morgan fingerprint density at radius 3 is 2.44 bits per heavy atom. The van der Waals surface area contributed by atoms with Gasteiger partial charge in [0, 0.05) is 25.2 Å². The first-order valence-corrected chi connectivity index (χ1v) is 5.50. The first-order valence-electron chi connectivity index (χ1n) is 5.50. The second-order valence-electron chi connectivity index (χ2n) is 3.83. The van der Waals surface area contributed by atoms with Gasteiger partial charge in [-0.25, -0.2) is 0 Å². The molecule has 0 aliphatic heterocycles. The summed E-state index contributed by atoms with van der Waals surface area (Å²) >= 11 is 0. The van der Waals surface area contributed by atoms with Gasteiger partial charge in [0.2, 0.25) is 5.91 Å². The van der Waals surface area contributed by atoms with Crippen LogP contribution in [0, 0.1) is 10.1 Å². The predicted molar refractivity (Wildman–Crippen MR) is 66.8 cm³/mol. The molecule has 18 heavy (non-hydrogen) atoms. The van der Waals surface area contributed by atoms with Gasteiger partial charge in [0.05, 0.1) is 11.0 Å². The summed E-state index contributed by atoms with van der Waals surface area (Å²) in [5.41, 5.74) is 11.4. The van der Waals surface area contributed by atoms with E-state index in [-0.39, 0.29) is 5.69 Å². The summed E-state index contributed by atoms with van der Waals surface area (Å²) in [4.78, 5) is 21.2. The van der Waals surface area contributed by atoms with E-state index in [0.29, 0.717) is 19.5 Å². The second-order valence-corrected chi connectivity index (χ2v) is 3.83. The van der Waals surface area contributed by atoms with Crippen LogP contribution in [-0.2, 0) is 11.2 Å². The molecule has 0 saturated carbocycles. The standard InChI is InChI=1S/C11H16N4O3/c12-5-6-14-10(11(13)16)7-8-1-3-9(4-2-8)15(17)18/h1-4,10,14H,5-7,12H2,(H2,13,16). The highest BCUT2D eigenvalue weighted by Crippen LogP contribution is 2.13.